The monoisotopic (exact) mass is 163 g/mol. The van der Waals surface area contributed by atoms with Crippen LogP contribution >= 0.6 is 8.46 Å². The van der Waals surface area contributed by atoms with Gasteiger partial charge in [-0.3, -0.25) is 0 Å². The van der Waals surface area contributed by atoms with Gasteiger partial charge in [0, 0.05) is 13.8 Å². The van der Waals surface area contributed by atoms with Gasteiger partial charge in [-0.05, 0) is 5.92 Å². The zero-order valence-electron chi connectivity index (χ0n) is 7.10. The fourth-order valence-electron chi connectivity index (χ4n) is 0.404. The lowest BCUT2D eigenvalue weighted by atomic mass is 10.2. The summed E-state index contributed by atoms with van der Waals surface area (Å²) in [5.74, 6) is 0.510. The smallest absolute Gasteiger partial charge is 0.333 e. The van der Waals surface area contributed by atoms with E-state index in [4.69, 9.17) is 4.74 Å². The minimum Gasteiger partial charge on any atom is -0.333 e. The molecular formula is C7H16O2P+. The quantitative estimate of drug-likeness (QED) is 0.595. The maximum absolute atomic E-state index is 10.5. The van der Waals surface area contributed by atoms with Crippen molar-refractivity contribution in [2.45, 2.75) is 33.0 Å². The topological polar surface area (TPSA) is 26.3 Å². The second-order valence-corrected chi connectivity index (χ2v) is 4.73. The van der Waals surface area contributed by atoms with Crippen molar-refractivity contribution in [3.8, 4) is 0 Å². The average molecular weight is 163 g/mol. The predicted octanol–water partition coefficient (Wildman–Crippen LogP) is 2.42. The summed E-state index contributed by atoms with van der Waals surface area (Å²) in [6, 6.07) is 0. The molecule has 0 rings (SSSR count). The molecule has 0 radical (unpaired) electrons. The first kappa shape index (κ1) is 10.1. The van der Waals surface area contributed by atoms with Gasteiger partial charge in [-0.25, -0.2) is 0 Å². The molecule has 0 aliphatic rings. The van der Waals surface area contributed by atoms with E-state index in [-0.39, 0.29) is 8.46 Å². The van der Waals surface area contributed by atoms with E-state index in [2.05, 4.69) is 13.8 Å². The molecular weight excluding hydrogens is 147 g/mol. The first-order valence-corrected chi connectivity index (χ1v) is 4.42. The third kappa shape index (κ3) is 4.89. The molecule has 0 aliphatic carbocycles. The van der Waals surface area contributed by atoms with Crippen LogP contribution in [0.1, 0.15) is 27.7 Å². The van der Waals surface area contributed by atoms with Gasteiger partial charge in [0.05, 0.1) is 6.61 Å². The molecule has 0 aromatic carbocycles. The molecule has 0 amide bonds. The molecule has 2 nitrogen and oxygen atoms in total. The Morgan fingerprint density at radius 3 is 2.30 bits per heavy atom. The Hall–Kier alpha value is 0.0600. The molecule has 1 atom stereocenters. The number of rotatable bonds is 4. The second-order valence-electron chi connectivity index (χ2n) is 3.32. The minimum atomic E-state index is -0.454. The van der Waals surface area contributed by atoms with Crippen molar-refractivity contribution in [3.05, 3.63) is 0 Å². The number of hydrogen-bond acceptors (Lipinski definition) is 2. The van der Waals surface area contributed by atoms with E-state index in [0.29, 0.717) is 12.5 Å². The van der Waals surface area contributed by atoms with Gasteiger partial charge in [0.1, 0.15) is 0 Å². The van der Waals surface area contributed by atoms with E-state index in [1.807, 2.05) is 13.8 Å². The van der Waals surface area contributed by atoms with Crippen LogP contribution in [-0.2, 0) is 9.30 Å². The lowest BCUT2D eigenvalue weighted by Gasteiger charge is -2.12. The fraction of sp³-hybridized carbons (Fsp3) is 1.00. The Kier molecular flexibility index (Phi) is 4.07. The summed E-state index contributed by atoms with van der Waals surface area (Å²) in [5.41, 5.74) is 0. The Labute approximate surface area is 64.2 Å². The standard InChI is InChI=1S/C7H15O2P/c1-6(2)5-9-7(3,4)10-8/h6H,5H2,1-4H3/p+1. The highest BCUT2D eigenvalue weighted by Crippen LogP contribution is 2.23. The van der Waals surface area contributed by atoms with Crippen LogP contribution < -0.4 is 0 Å². The van der Waals surface area contributed by atoms with Crippen LogP contribution in [0.4, 0.5) is 0 Å². The fourth-order valence-corrected chi connectivity index (χ4v) is 0.547. The lowest BCUT2D eigenvalue weighted by Crippen LogP contribution is -2.19. The highest BCUT2D eigenvalue weighted by Gasteiger charge is 2.26. The van der Waals surface area contributed by atoms with Crippen LogP contribution in [-0.4, -0.2) is 11.9 Å². The molecule has 0 saturated heterocycles. The van der Waals surface area contributed by atoms with E-state index >= 15 is 0 Å². The molecule has 1 unspecified atom stereocenters. The normalized spacial score (nSPS) is 12.9. The third-order valence-electron chi connectivity index (χ3n) is 1.02. The minimum absolute atomic E-state index is 0.388. The van der Waals surface area contributed by atoms with Gasteiger partial charge in [-0.15, -0.1) is 0 Å². The van der Waals surface area contributed by atoms with Crippen LogP contribution in [0.3, 0.4) is 0 Å². The van der Waals surface area contributed by atoms with Gasteiger partial charge in [0.2, 0.25) is 0 Å². The Morgan fingerprint density at radius 2 is 2.00 bits per heavy atom. The summed E-state index contributed by atoms with van der Waals surface area (Å²) in [6.45, 7) is 8.50. The van der Waals surface area contributed by atoms with Gasteiger partial charge in [-0.1, -0.05) is 18.4 Å². The Bertz CT molecular complexity index is 110. The molecule has 0 spiro atoms. The highest BCUT2D eigenvalue weighted by atomic mass is 31.1. The molecule has 0 bridgehead atoms. The maximum atomic E-state index is 10.5. The zero-order chi connectivity index (χ0) is 8.20. The van der Waals surface area contributed by atoms with Crippen molar-refractivity contribution < 1.29 is 9.30 Å². The average Bonchev–Trinajstić information content (AvgIpc) is 1.85. The van der Waals surface area contributed by atoms with Crippen LogP contribution in [0.2, 0.25) is 0 Å². The number of hydrogen-bond donors (Lipinski definition) is 0. The van der Waals surface area contributed by atoms with Crippen molar-refractivity contribution in [1.29, 1.82) is 0 Å². The first-order valence-electron chi connectivity index (χ1n) is 3.51. The van der Waals surface area contributed by atoms with Crippen LogP contribution in [0.25, 0.3) is 0 Å². The largest absolute Gasteiger partial charge is 0.359 e. The summed E-state index contributed by atoms with van der Waals surface area (Å²) >= 11 is 0. The van der Waals surface area contributed by atoms with Crippen molar-refractivity contribution in [2.24, 2.45) is 5.92 Å². The van der Waals surface area contributed by atoms with E-state index in [1.54, 1.807) is 0 Å². The van der Waals surface area contributed by atoms with E-state index in [1.165, 1.54) is 0 Å². The molecule has 0 fully saturated rings. The molecule has 0 aromatic heterocycles. The van der Waals surface area contributed by atoms with Crippen molar-refractivity contribution in [2.75, 3.05) is 6.61 Å². The van der Waals surface area contributed by atoms with E-state index in [0.717, 1.165) is 0 Å². The Morgan fingerprint density at radius 1 is 1.50 bits per heavy atom. The van der Waals surface area contributed by atoms with Gasteiger partial charge in [0.25, 0.3) is 5.34 Å². The van der Waals surface area contributed by atoms with E-state index in [9.17, 15) is 4.57 Å². The summed E-state index contributed by atoms with van der Waals surface area (Å²) in [7, 11) is -0.388. The first-order chi connectivity index (χ1) is 4.48. The third-order valence-corrected chi connectivity index (χ3v) is 1.66. The summed E-state index contributed by atoms with van der Waals surface area (Å²) in [6.07, 6.45) is 0. The Balaban J connectivity index is 3.56. The zero-order valence-corrected chi connectivity index (χ0v) is 8.10. The molecule has 3 heteroatoms. The second kappa shape index (κ2) is 4.05. The van der Waals surface area contributed by atoms with Crippen LogP contribution in [0, 0.1) is 5.92 Å². The maximum Gasteiger partial charge on any atom is 0.359 e. The molecule has 0 saturated carbocycles. The van der Waals surface area contributed by atoms with Gasteiger partial charge >= 0.3 is 8.46 Å². The summed E-state index contributed by atoms with van der Waals surface area (Å²) < 4.78 is 15.8. The lowest BCUT2D eigenvalue weighted by molar-refractivity contribution is 0.0306. The van der Waals surface area contributed by atoms with Crippen molar-refractivity contribution in [1.82, 2.24) is 0 Å². The molecule has 60 valence electrons. The van der Waals surface area contributed by atoms with Crippen molar-refractivity contribution >= 4 is 8.46 Å². The highest BCUT2D eigenvalue weighted by molar-refractivity contribution is 7.25. The molecule has 0 heterocycles. The molecule has 0 aliphatic heterocycles. The van der Waals surface area contributed by atoms with Gasteiger partial charge in [-0.2, -0.15) is 0 Å². The van der Waals surface area contributed by atoms with Crippen molar-refractivity contribution in [3.63, 3.8) is 0 Å². The van der Waals surface area contributed by atoms with Crippen LogP contribution in [0.5, 0.6) is 0 Å². The SMILES string of the molecule is CC(C)COC(C)(C)[PH+]=O. The molecule has 0 N–H and O–H groups in total. The number of ether oxygens (including phenoxy) is 1. The van der Waals surface area contributed by atoms with Gasteiger partial charge < -0.3 is 4.74 Å². The van der Waals surface area contributed by atoms with Gasteiger partial charge in [0.15, 0.2) is 0 Å². The van der Waals surface area contributed by atoms with Crippen LogP contribution in [0.15, 0.2) is 0 Å². The molecule has 10 heavy (non-hydrogen) atoms. The van der Waals surface area contributed by atoms with E-state index < -0.39 is 5.34 Å². The summed E-state index contributed by atoms with van der Waals surface area (Å²) in [5, 5.41) is -0.454. The molecule has 0 aromatic rings. The predicted molar refractivity (Wildman–Crippen MR) is 43.9 cm³/mol. The summed E-state index contributed by atoms with van der Waals surface area (Å²) in [4.78, 5) is 0.